The second-order valence-corrected chi connectivity index (χ2v) is 7.62. The van der Waals surface area contributed by atoms with Crippen molar-refractivity contribution in [2.45, 2.75) is 25.3 Å². The Kier molecular flexibility index (Phi) is 5.20. The number of rotatable bonds is 4. The van der Waals surface area contributed by atoms with E-state index >= 15 is 0 Å². The first-order chi connectivity index (χ1) is 14.0. The average Bonchev–Trinajstić information content (AvgIpc) is 3.29. The van der Waals surface area contributed by atoms with Gasteiger partial charge in [-0.05, 0) is 61.1 Å². The summed E-state index contributed by atoms with van der Waals surface area (Å²) in [6.07, 6.45) is 2.88. The Labute approximate surface area is 168 Å². The van der Waals surface area contributed by atoms with Crippen LogP contribution in [0.1, 0.15) is 29.6 Å². The predicted octanol–water partition coefficient (Wildman–Crippen LogP) is 3.66. The molecule has 2 aliphatic rings. The van der Waals surface area contributed by atoms with Crippen molar-refractivity contribution < 1.29 is 19.5 Å². The number of nitrogens with zero attached hydrogens (tertiary/aromatic N) is 1. The first-order valence-corrected chi connectivity index (χ1v) is 9.80. The van der Waals surface area contributed by atoms with Gasteiger partial charge >= 0.3 is 12.0 Å². The number of anilines is 2. The third kappa shape index (κ3) is 3.94. The van der Waals surface area contributed by atoms with Gasteiger partial charge in [0, 0.05) is 23.5 Å². The number of carbonyl (C=O) groups is 3. The summed E-state index contributed by atoms with van der Waals surface area (Å²) in [6.45, 7) is 0.500. The van der Waals surface area contributed by atoms with E-state index < -0.39 is 12.0 Å². The highest BCUT2D eigenvalue weighted by Crippen LogP contribution is 2.42. The molecule has 150 valence electrons. The SMILES string of the molecule is O=C(Nc1ccccc1)Nc1ccc(C(=O)N2CC3CCCC3C2C(=O)O)cc1. The van der Waals surface area contributed by atoms with Crippen LogP contribution in [0.15, 0.2) is 54.6 Å². The predicted molar refractivity (Wildman–Crippen MR) is 109 cm³/mol. The van der Waals surface area contributed by atoms with E-state index in [1.54, 1.807) is 36.4 Å². The Morgan fingerprint density at radius 2 is 1.55 bits per heavy atom. The Morgan fingerprint density at radius 3 is 2.21 bits per heavy atom. The van der Waals surface area contributed by atoms with Gasteiger partial charge in [-0.3, -0.25) is 4.79 Å². The summed E-state index contributed by atoms with van der Waals surface area (Å²) in [7, 11) is 0. The lowest BCUT2D eigenvalue weighted by atomic mass is 9.94. The Hall–Kier alpha value is -3.35. The molecule has 29 heavy (non-hydrogen) atoms. The van der Waals surface area contributed by atoms with Gasteiger partial charge in [-0.1, -0.05) is 24.6 Å². The summed E-state index contributed by atoms with van der Waals surface area (Å²) in [5, 5.41) is 15.1. The van der Waals surface area contributed by atoms with Crippen LogP contribution in [-0.2, 0) is 4.79 Å². The molecule has 1 aliphatic carbocycles. The average molecular weight is 393 g/mol. The maximum Gasteiger partial charge on any atom is 0.326 e. The number of urea groups is 1. The number of carboxylic acid groups (broad SMARTS) is 1. The highest BCUT2D eigenvalue weighted by atomic mass is 16.4. The van der Waals surface area contributed by atoms with Crippen molar-refractivity contribution in [3.05, 3.63) is 60.2 Å². The van der Waals surface area contributed by atoms with Gasteiger partial charge in [-0.2, -0.15) is 0 Å². The summed E-state index contributed by atoms with van der Waals surface area (Å²) in [5.74, 6) is -0.863. The molecule has 0 spiro atoms. The van der Waals surface area contributed by atoms with Crippen LogP contribution >= 0.6 is 0 Å². The van der Waals surface area contributed by atoms with Crippen LogP contribution in [0.2, 0.25) is 0 Å². The molecule has 1 heterocycles. The summed E-state index contributed by atoms with van der Waals surface area (Å²) in [6, 6.07) is 14.5. The van der Waals surface area contributed by atoms with Gasteiger partial charge < -0.3 is 20.6 Å². The summed E-state index contributed by atoms with van der Waals surface area (Å²) >= 11 is 0. The first-order valence-electron chi connectivity index (χ1n) is 9.80. The smallest absolute Gasteiger partial charge is 0.326 e. The van der Waals surface area contributed by atoms with Crippen LogP contribution in [0.5, 0.6) is 0 Å². The monoisotopic (exact) mass is 393 g/mol. The number of nitrogens with one attached hydrogen (secondary N) is 2. The van der Waals surface area contributed by atoms with E-state index in [1.807, 2.05) is 18.2 Å². The van der Waals surface area contributed by atoms with Gasteiger partial charge in [0.2, 0.25) is 0 Å². The molecule has 0 radical (unpaired) electrons. The third-order valence-corrected chi connectivity index (χ3v) is 5.83. The van der Waals surface area contributed by atoms with Crippen LogP contribution in [0, 0.1) is 11.8 Å². The van der Waals surface area contributed by atoms with Gasteiger partial charge in [-0.15, -0.1) is 0 Å². The number of hydrogen-bond donors (Lipinski definition) is 3. The Balaban J connectivity index is 1.41. The molecule has 3 N–H and O–H groups in total. The van der Waals surface area contributed by atoms with Crippen LogP contribution in [0.4, 0.5) is 16.2 Å². The van der Waals surface area contributed by atoms with E-state index in [1.165, 1.54) is 4.90 Å². The lowest BCUT2D eigenvalue weighted by molar-refractivity contribution is -0.142. The number of para-hydroxylation sites is 1. The molecule has 3 amide bonds. The molecule has 3 atom stereocenters. The van der Waals surface area contributed by atoms with Crippen LogP contribution in [-0.4, -0.2) is 40.5 Å². The fraction of sp³-hybridized carbons (Fsp3) is 0.318. The van der Waals surface area contributed by atoms with Crippen molar-refractivity contribution in [2.24, 2.45) is 11.8 Å². The quantitative estimate of drug-likeness (QED) is 0.738. The molecule has 1 saturated carbocycles. The minimum Gasteiger partial charge on any atom is -0.480 e. The van der Waals surface area contributed by atoms with Crippen molar-refractivity contribution in [1.29, 1.82) is 0 Å². The normalized spacial score (nSPS) is 22.8. The maximum atomic E-state index is 12.9. The number of amides is 3. The van der Waals surface area contributed by atoms with Crippen LogP contribution in [0.3, 0.4) is 0 Å². The number of aliphatic carboxylic acids is 1. The molecule has 4 rings (SSSR count). The van der Waals surface area contributed by atoms with Crippen molar-refractivity contribution in [3.8, 4) is 0 Å². The van der Waals surface area contributed by atoms with Gasteiger partial charge in [0.15, 0.2) is 0 Å². The number of fused-ring (bicyclic) bond motifs is 1. The Bertz CT molecular complexity index is 913. The van der Waals surface area contributed by atoms with E-state index in [2.05, 4.69) is 10.6 Å². The standard InChI is InChI=1S/C22H23N3O4/c26-20(25-13-15-5-4-8-18(15)19(25)21(27)28)14-9-11-17(12-10-14)24-22(29)23-16-6-2-1-3-7-16/h1-3,6-7,9-12,15,18-19H,4-5,8,13H2,(H,27,28)(H2,23,24,29). The number of hydrogen-bond acceptors (Lipinski definition) is 3. The highest BCUT2D eigenvalue weighted by molar-refractivity contribution is 6.01. The zero-order valence-electron chi connectivity index (χ0n) is 15.9. The fourth-order valence-corrected chi connectivity index (χ4v) is 4.51. The second kappa shape index (κ2) is 7.95. The summed E-state index contributed by atoms with van der Waals surface area (Å²) in [5.41, 5.74) is 1.64. The topological polar surface area (TPSA) is 98.7 Å². The minimum absolute atomic E-state index is 0.0547. The zero-order valence-corrected chi connectivity index (χ0v) is 15.9. The summed E-state index contributed by atoms with van der Waals surface area (Å²) < 4.78 is 0. The molecule has 7 nitrogen and oxygen atoms in total. The summed E-state index contributed by atoms with van der Waals surface area (Å²) in [4.78, 5) is 38.3. The van der Waals surface area contributed by atoms with E-state index in [0.717, 1.165) is 19.3 Å². The molecular formula is C22H23N3O4. The molecule has 2 aromatic rings. The van der Waals surface area contributed by atoms with Crippen molar-refractivity contribution in [3.63, 3.8) is 0 Å². The third-order valence-electron chi connectivity index (χ3n) is 5.83. The van der Waals surface area contributed by atoms with E-state index in [-0.39, 0.29) is 23.8 Å². The molecular weight excluding hydrogens is 370 g/mol. The Morgan fingerprint density at radius 1 is 0.897 bits per heavy atom. The fourth-order valence-electron chi connectivity index (χ4n) is 4.51. The molecule has 1 saturated heterocycles. The van der Waals surface area contributed by atoms with E-state index in [4.69, 9.17) is 0 Å². The van der Waals surface area contributed by atoms with Gasteiger partial charge in [0.05, 0.1) is 0 Å². The maximum absolute atomic E-state index is 12.9. The van der Waals surface area contributed by atoms with Crippen molar-refractivity contribution >= 4 is 29.3 Å². The number of likely N-dealkylation sites (tertiary alicyclic amines) is 1. The lowest BCUT2D eigenvalue weighted by Gasteiger charge is -2.24. The molecule has 3 unspecified atom stereocenters. The van der Waals surface area contributed by atoms with E-state index in [9.17, 15) is 19.5 Å². The van der Waals surface area contributed by atoms with Gasteiger partial charge in [-0.25, -0.2) is 9.59 Å². The molecule has 7 heteroatoms. The largest absolute Gasteiger partial charge is 0.480 e. The van der Waals surface area contributed by atoms with Crippen LogP contribution in [0.25, 0.3) is 0 Å². The lowest BCUT2D eigenvalue weighted by Crippen LogP contribution is -2.43. The van der Waals surface area contributed by atoms with Crippen molar-refractivity contribution in [1.82, 2.24) is 4.90 Å². The molecule has 0 bridgehead atoms. The molecule has 0 aromatic heterocycles. The van der Waals surface area contributed by atoms with Crippen molar-refractivity contribution in [2.75, 3.05) is 17.2 Å². The number of carbonyl (C=O) groups excluding carboxylic acids is 2. The van der Waals surface area contributed by atoms with Gasteiger partial charge in [0.1, 0.15) is 6.04 Å². The van der Waals surface area contributed by atoms with Crippen LogP contribution < -0.4 is 10.6 Å². The zero-order chi connectivity index (χ0) is 20.4. The minimum atomic E-state index is -0.927. The molecule has 2 aromatic carbocycles. The second-order valence-electron chi connectivity index (χ2n) is 7.62. The molecule has 2 fully saturated rings. The first kappa shape index (κ1) is 19.0. The van der Waals surface area contributed by atoms with Gasteiger partial charge in [0.25, 0.3) is 5.91 Å². The number of benzene rings is 2. The van der Waals surface area contributed by atoms with E-state index in [0.29, 0.717) is 23.5 Å². The number of carboxylic acids is 1. The molecule has 1 aliphatic heterocycles. The highest BCUT2D eigenvalue weighted by Gasteiger charge is 2.49.